The number of nitrogens with zero attached hydrogens (tertiary/aromatic N) is 1. The number of benzene rings is 2. The van der Waals surface area contributed by atoms with Gasteiger partial charge in [-0.2, -0.15) is 5.26 Å². The van der Waals surface area contributed by atoms with Crippen molar-refractivity contribution in [3.8, 4) is 6.07 Å². The summed E-state index contributed by atoms with van der Waals surface area (Å²) in [6, 6.07) is 15.5. The van der Waals surface area contributed by atoms with E-state index in [1.54, 1.807) is 48.5 Å². The monoisotopic (exact) mass is 360 g/mol. The third kappa shape index (κ3) is 5.95. The first kappa shape index (κ1) is 17.9. The average Bonchev–Trinajstić information content (AvgIpc) is 2.60. The molecule has 2 aromatic rings. The number of hydrogen-bond acceptors (Lipinski definition) is 5. The smallest absolute Gasteiger partial charge is 0.316 e. The van der Waals surface area contributed by atoms with Crippen LogP contribution in [0.3, 0.4) is 0 Å². The molecule has 0 spiro atoms. The Balaban J connectivity index is 1.71. The van der Waals surface area contributed by atoms with Crippen LogP contribution in [0.1, 0.15) is 5.56 Å². The molecular weight excluding hydrogens is 348 g/mol. The highest BCUT2D eigenvalue weighted by Crippen LogP contribution is 2.20. The third-order valence-corrected chi connectivity index (χ3v) is 4.07. The van der Waals surface area contributed by atoms with Crippen molar-refractivity contribution in [1.82, 2.24) is 0 Å². The van der Waals surface area contributed by atoms with Gasteiger partial charge in [-0.1, -0.05) is 11.6 Å². The van der Waals surface area contributed by atoms with Crippen LogP contribution in [0.2, 0.25) is 5.02 Å². The number of amides is 1. The number of hydrogen-bond donors (Lipinski definition) is 1. The van der Waals surface area contributed by atoms with Crippen LogP contribution in [0.25, 0.3) is 0 Å². The fourth-order valence-corrected chi connectivity index (χ4v) is 2.51. The van der Waals surface area contributed by atoms with E-state index in [4.69, 9.17) is 21.6 Å². The number of ether oxygens (including phenoxy) is 1. The highest BCUT2D eigenvalue weighted by molar-refractivity contribution is 8.00. The molecule has 0 saturated carbocycles. The Labute approximate surface area is 148 Å². The second-order valence-corrected chi connectivity index (χ2v) is 6.13. The second-order valence-electron chi connectivity index (χ2n) is 4.64. The number of esters is 1. The summed E-state index contributed by atoms with van der Waals surface area (Å²) in [5.74, 6) is -0.819. The molecule has 5 nitrogen and oxygen atoms in total. The maximum atomic E-state index is 11.7. The van der Waals surface area contributed by atoms with E-state index in [0.29, 0.717) is 16.3 Å². The number of rotatable bonds is 6. The van der Waals surface area contributed by atoms with Crippen LogP contribution in [0.5, 0.6) is 0 Å². The van der Waals surface area contributed by atoms with Gasteiger partial charge in [-0.25, -0.2) is 0 Å². The van der Waals surface area contributed by atoms with Gasteiger partial charge in [0.05, 0.1) is 17.4 Å². The lowest BCUT2D eigenvalue weighted by Gasteiger charge is -2.06. The lowest BCUT2D eigenvalue weighted by Crippen LogP contribution is -2.21. The van der Waals surface area contributed by atoms with Gasteiger partial charge in [0, 0.05) is 15.6 Å². The molecule has 122 valence electrons. The summed E-state index contributed by atoms with van der Waals surface area (Å²) >= 11 is 7.08. The maximum absolute atomic E-state index is 11.7. The number of nitrogens with one attached hydrogen (secondary N) is 1. The van der Waals surface area contributed by atoms with Crippen molar-refractivity contribution < 1.29 is 14.3 Å². The maximum Gasteiger partial charge on any atom is 0.316 e. The SMILES string of the molecule is N#Cc1ccc(NC(=O)COC(=O)CSc2ccc(Cl)cc2)cc1. The molecule has 0 bridgehead atoms. The third-order valence-electron chi connectivity index (χ3n) is 2.83. The molecule has 0 heterocycles. The zero-order valence-electron chi connectivity index (χ0n) is 12.5. The molecule has 1 N–H and O–H groups in total. The van der Waals surface area contributed by atoms with Crippen molar-refractivity contribution in [1.29, 1.82) is 5.26 Å². The topological polar surface area (TPSA) is 79.2 Å². The Morgan fingerprint density at radius 2 is 1.79 bits per heavy atom. The van der Waals surface area contributed by atoms with E-state index in [1.165, 1.54) is 11.8 Å². The summed E-state index contributed by atoms with van der Waals surface area (Å²) in [4.78, 5) is 24.2. The molecule has 0 aliphatic heterocycles. The summed E-state index contributed by atoms with van der Waals surface area (Å²) in [6.45, 7) is -0.361. The first-order chi connectivity index (χ1) is 11.6. The molecule has 24 heavy (non-hydrogen) atoms. The van der Waals surface area contributed by atoms with Crippen molar-refractivity contribution in [2.45, 2.75) is 4.90 Å². The Bertz CT molecular complexity index is 755. The van der Waals surface area contributed by atoms with Gasteiger partial charge in [-0.3, -0.25) is 9.59 Å². The fraction of sp³-hybridized carbons (Fsp3) is 0.118. The molecule has 0 aliphatic carbocycles. The molecule has 0 radical (unpaired) electrons. The summed E-state index contributed by atoms with van der Waals surface area (Å²) in [5.41, 5.74) is 1.03. The first-order valence-corrected chi connectivity index (χ1v) is 8.27. The predicted molar refractivity (Wildman–Crippen MR) is 92.9 cm³/mol. The number of nitriles is 1. The van der Waals surface area contributed by atoms with Crippen LogP contribution < -0.4 is 5.32 Å². The van der Waals surface area contributed by atoms with E-state index >= 15 is 0 Å². The van der Waals surface area contributed by atoms with Crippen LogP contribution in [0.4, 0.5) is 5.69 Å². The number of carbonyl (C=O) groups excluding carboxylic acids is 2. The summed E-state index contributed by atoms with van der Waals surface area (Å²) in [7, 11) is 0. The van der Waals surface area contributed by atoms with E-state index in [1.807, 2.05) is 6.07 Å². The number of carbonyl (C=O) groups is 2. The largest absolute Gasteiger partial charge is 0.455 e. The van der Waals surface area contributed by atoms with E-state index in [9.17, 15) is 9.59 Å². The molecule has 0 atom stereocenters. The normalized spacial score (nSPS) is 9.83. The minimum Gasteiger partial charge on any atom is -0.455 e. The molecule has 7 heteroatoms. The van der Waals surface area contributed by atoms with Gasteiger partial charge in [0.15, 0.2) is 6.61 Å². The van der Waals surface area contributed by atoms with E-state index < -0.39 is 11.9 Å². The number of halogens is 1. The van der Waals surface area contributed by atoms with Gasteiger partial charge < -0.3 is 10.1 Å². The highest BCUT2D eigenvalue weighted by atomic mass is 35.5. The summed E-state index contributed by atoms with van der Waals surface area (Å²) < 4.78 is 4.92. The molecule has 2 aromatic carbocycles. The van der Waals surface area contributed by atoms with Gasteiger partial charge in [0.2, 0.25) is 0 Å². The van der Waals surface area contributed by atoms with Crippen LogP contribution >= 0.6 is 23.4 Å². The second kappa shape index (κ2) is 8.96. The molecule has 0 unspecified atom stereocenters. The van der Waals surface area contributed by atoms with Gasteiger partial charge in [0.1, 0.15) is 0 Å². The Morgan fingerprint density at radius 1 is 1.12 bits per heavy atom. The van der Waals surface area contributed by atoms with Crippen LogP contribution in [-0.2, 0) is 14.3 Å². The van der Waals surface area contributed by atoms with Crippen LogP contribution in [0, 0.1) is 11.3 Å². The molecule has 0 saturated heterocycles. The minimum atomic E-state index is -0.482. The molecule has 0 aromatic heterocycles. The first-order valence-electron chi connectivity index (χ1n) is 6.91. The van der Waals surface area contributed by atoms with Crippen molar-refractivity contribution in [3.05, 3.63) is 59.1 Å². The number of thioether (sulfide) groups is 1. The van der Waals surface area contributed by atoms with Gasteiger partial charge in [-0.15, -0.1) is 11.8 Å². The molecule has 0 aliphatic rings. The van der Waals surface area contributed by atoms with E-state index in [0.717, 1.165) is 4.90 Å². The van der Waals surface area contributed by atoms with Crippen molar-refractivity contribution in [3.63, 3.8) is 0 Å². The van der Waals surface area contributed by atoms with E-state index in [-0.39, 0.29) is 12.4 Å². The Kier molecular flexibility index (Phi) is 6.67. The fourth-order valence-electron chi connectivity index (χ4n) is 1.69. The summed E-state index contributed by atoms with van der Waals surface area (Å²) in [5, 5.41) is 11.9. The lowest BCUT2D eigenvalue weighted by atomic mass is 10.2. The zero-order chi connectivity index (χ0) is 17.4. The van der Waals surface area contributed by atoms with Crippen molar-refractivity contribution in [2.75, 3.05) is 17.7 Å². The number of anilines is 1. The Hall–Kier alpha value is -2.49. The summed E-state index contributed by atoms with van der Waals surface area (Å²) in [6.07, 6.45) is 0. The quantitative estimate of drug-likeness (QED) is 0.630. The highest BCUT2D eigenvalue weighted by Gasteiger charge is 2.09. The predicted octanol–water partition coefficient (Wildman–Crippen LogP) is 3.49. The Morgan fingerprint density at radius 3 is 2.42 bits per heavy atom. The van der Waals surface area contributed by atoms with E-state index in [2.05, 4.69) is 5.32 Å². The zero-order valence-corrected chi connectivity index (χ0v) is 14.1. The van der Waals surface area contributed by atoms with Crippen LogP contribution in [-0.4, -0.2) is 24.2 Å². The van der Waals surface area contributed by atoms with Gasteiger partial charge >= 0.3 is 5.97 Å². The molecule has 1 amide bonds. The van der Waals surface area contributed by atoms with Crippen molar-refractivity contribution in [2.24, 2.45) is 0 Å². The van der Waals surface area contributed by atoms with Crippen molar-refractivity contribution >= 4 is 40.9 Å². The minimum absolute atomic E-state index is 0.103. The lowest BCUT2D eigenvalue weighted by molar-refractivity contribution is -0.144. The molecule has 0 fully saturated rings. The van der Waals surface area contributed by atoms with Gasteiger partial charge in [0.25, 0.3) is 5.91 Å². The molecular formula is C17H13ClN2O3S. The van der Waals surface area contributed by atoms with Crippen LogP contribution in [0.15, 0.2) is 53.4 Å². The molecule has 2 rings (SSSR count). The average molecular weight is 361 g/mol. The van der Waals surface area contributed by atoms with Gasteiger partial charge in [-0.05, 0) is 48.5 Å². The standard InChI is InChI=1S/C17H13ClN2O3S/c18-13-3-7-15(8-4-13)24-11-17(22)23-10-16(21)20-14-5-1-12(9-19)2-6-14/h1-8H,10-11H2,(H,20,21).